The van der Waals surface area contributed by atoms with E-state index in [0.29, 0.717) is 0 Å². The highest BCUT2D eigenvalue weighted by atomic mass is 79.9. The molecule has 0 radical (unpaired) electrons. The highest BCUT2D eigenvalue weighted by Crippen LogP contribution is 2.25. The van der Waals surface area contributed by atoms with Gasteiger partial charge in [-0.25, -0.2) is 0 Å². The topological polar surface area (TPSA) is 28.2 Å². The van der Waals surface area contributed by atoms with E-state index in [4.69, 9.17) is 0 Å². The Hall–Kier alpha value is -1.39. The monoisotopic (exact) mass is 319 g/mol. The van der Waals surface area contributed by atoms with Crippen molar-refractivity contribution in [3.63, 3.8) is 0 Å². The number of nitrogens with one attached hydrogen (secondary N) is 1. The van der Waals surface area contributed by atoms with E-state index < -0.39 is 0 Å². The van der Waals surface area contributed by atoms with Crippen LogP contribution in [0.25, 0.3) is 0 Å². The molecule has 19 heavy (non-hydrogen) atoms. The van der Waals surface area contributed by atoms with E-state index >= 15 is 0 Å². The lowest BCUT2D eigenvalue weighted by molar-refractivity contribution is 0.801. The summed E-state index contributed by atoms with van der Waals surface area (Å²) in [5.41, 5.74) is 3.57. The SMILES string of the molecule is CNCc1ccc(Br)cc1N(C)Cc1ccccn1. The Labute approximate surface area is 122 Å². The predicted molar refractivity (Wildman–Crippen MR) is 83.2 cm³/mol. The molecule has 0 atom stereocenters. The molecule has 0 saturated heterocycles. The molecule has 0 aliphatic carbocycles. The van der Waals surface area contributed by atoms with Gasteiger partial charge >= 0.3 is 0 Å². The second-order valence-electron chi connectivity index (χ2n) is 4.48. The Morgan fingerprint density at radius 2 is 2.11 bits per heavy atom. The molecule has 0 unspecified atom stereocenters. The normalized spacial score (nSPS) is 10.5. The summed E-state index contributed by atoms with van der Waals surface area (Å²) in [6.45, 7) is 1.66. The molecule has 2 aromatic rings. The third kappa shape index (κ3) is 3.78. The summed E-state index contributed by atoms with van der Waals surface area (Å²) in [6.07, 6.45) is 1.83. The van der Waals surface area contributed by atoms with Crippen LogP contribution in [0.2, 0.25) is 0 Å². The van der Waals surface area contributed by atoms with Crippen molar-refractivity contribution < 1.29 is 0 Å². The summed E-state index contributed by atoms with van der Waals surface area (Å²) < 4.78 is 1.09. The molecule has 0 spiro atoms. The fraction of sp³-hybridized carbons (Fsp3) is 0.267. The number of benzene rings is 1. The molecule has 0 bridgehead atoms. The number of nitrogens with zero attached hydrogens (tertiary/aromatic N) is 2. The van der Waals surface area contributed by atoms with E-state index in [2.05, 4.69) is 56.4 Å². The molecule has 4 heteroatoms. The lowest BCUT2D eigenvalue weighted by atomic mass is 10.1. The first-order chi connectivity index (χ1) is 9.20. The van der Waals surface area contributed by atoms with Crippen LogP contribution in [0.1, 0.15) is 11.3 Å². The molecule has 0 amide bonds. The molecule has 0 aliphatic heterocycles. The first-order valence-corrected chi connectivity index (χ1v) is 7.04. The van der Waals surface area contributed by atoms with Gasteiger partial charge in [0.15, 0.2) is 0 Å². The van der Waals surface area contributed by atoms with Crippen molar-refractivity contribution in [3.05, 3.63) is 58.3 Å². The fourth-order valence-corrected chi connectivity index (χ4v) is 2.40. The van der Waals surface area contributed by atoms with Crippen molar-refractivity contribution in [3.8, 4) is 0 Å². The van der Waals surface area contributed by atoms with Gasteiger partial charge in [-0.3, -0.25) is 4.98 Å². The van der Waals surface area contributed by atoms with Gasteiger partial charge in [-0.2, -0.15) is 0 Å². The van der Waals surface area contributed by atoms with Crippen LogP contribution in [0.3, 0.4) is 0 Å². The maximum atomic E-state index is 4.37. The Bertz CT molecular complexity index is 528. The van der Waals surface area contributed by atoms with Crippen molar-refractivity contribution in [2.24, 2.45) is 0 Å². The van der Waals surface area contributed by atoms with Crippen LogP contribution in [-0.4, -0.2) is 19.1 Å². The molecular formula is C15H18BrN3. The van der Waals surface area contributed by atoms with Gasteiger partial charge in [-0.1, -0.05) is 28.1 Å². The van der Waals surface area contributed by atoms with Crippen LogP contribution < -0.4 is 10.2 Å². The third-order valence-corrected chi connectivity index (χ3v) is 3.44. The van der Waals surface area contributed by atoms with Gasteiger partial charge in [0.05, 0.1) is 12.2 Å². The zero-order chi connectivity index (χ0) is 13.7. The van der Waals surface area contributed by atoms with Crippen molar-refractivity contribution >= 4 is 21.6 Å². The second kappa shape index (κ2) is 6.68. The molecular weight excluding hydrogens is 302 g/mol. The maximum absolute atomic E-state index is 4.37. The Morgan fingerprint density at radius 3 is 2.79 bits per heavy atom. The Morgan fingerprint density at radius 1 is 1.26 bits per heavy atom. The minimum absolute atomic E-state index is 0.800. The van der Waals surface area contributed by atoms with E-state index in [0.717, 1.165) is 23.3 Å². The molecule has 0 aliphatic rings. The first kappa shape index (κ1) is 14.0. The highest BCUT2D eigenvalue weighted by Gasteiger charge is 2.08. The molecule has 0 fully saturated rings. The Kier molecular flexibility index (Phi) is 4.93. The van der Waals surface area contributed by atoms with E-state index in [-0.39, 0.29) is 0 Å². The number of pyridine rings is 1. The number of halogens is 1. The first-order valence-electron chi connectivity index (χ1n) is 6.25. The van der Waals surface area contributed by atoms with Gasteiger partial charge in [0, 0.05) is 29.9 Å². The Balaban J connectivity index is 2.22. The van der Waals surface area contributed by atoms with E-state index in [1.165, 1.54) is 11.3 Å². The van der Waals surface area contributed by atoms with Crippen molar-refractivity contribution in [1.82, 2.24) is 10.3 Å². The van der Waals surface area contributed by atoms with Crippen molar-refractivity contribution in [2.75, 3.05) is 19.0 Å². The predicted octanol–water partition coefficient (Wildman–Crippen LogP) is 3.20. The van der Waals surface area contributed by atoms with Crippen LogP contribution >= 0.6 is 15.9 Å². The van der Waals surface area contributed by atoms with Crippen molar-refractivity contribution in [1.29, 1.82) is 0 Å². The number of aromatic nitrogens is 1. The summed E-state index contributed by atoms with van der Waals surface area (Å²) in [5.74, 6) is 0. The fourth-order valence-electron chi connectivity index (χ4n) is 2.05. The zero-order valence-corrected chi connectivity index (χ0v) is 12.8. The minimum Gasteiger partial charge on any atom is -0.368 e. The van der Waals surface area contributed by atoms with E-state index in [1.54, 1.807) is 0 Å². The van der Waals surface area contributed by atoms with Gasteiger partial charge in [0.25, 0.3) is 0 Å². The number of hydrogen-bond donors (Lipinski definition) is 1. The standard InChI is InChI=1S/C15H18BrN3/c1-17-10-12-6-7-13(16)9-15(12)19(2)11-14-5-3-4-8-18-14/h3-9,17H,10-11H2,1-2H3. The lowest BCUT2D eigenvalue weighted by Gasteiger charge is -2.22. The minimum atomic E-state index is 0.800. The summed E-state index contributed by atoms with van der Waals surface area (Å²) in [4.78, 5) is 6.60. The van der Waals surface area contributed by atoms with Crippen LogP contribution in [0.4, 0.5) is 5.69 Å². The molecule has 0 saturated carbocycles. The maximum Gasteiger partial charge on any atom is 0.0598 e. The van der Waals surface area contributed by atoms with E-state index in [1.807, 2.05) is 31.4 Å². The van der Waals surface area contributed by atoms with Crippen LogP contribution in [0.5, 0.6) is 0 Å². The number of anilines is 1. The van der Waals surface area contributed by atoms with Gasteiger partial charge < -0.3 is 10.2 Å². The van der Waals surface area contributed by atoms with E-state index in [9.17, 15) is 0 Å². The molecule has 1 aromatic heterocycles. The third-order valence-electron chi connectivity index (χ3n) is 2.95. The largest absolute Gasteiger partial charge is 0.368 e. The number of hydrogen-bond acceptors (Lipinski definition) is 3. The highest BCUT2D eigenvalue weighted by molar-refractivity contribution is 9.10. The smallest absolute Gasteiger partial charge is 0.0598 e. The molecule has 1 heterocycles. The zero-order valence-electron chi connectivity index (χ0n) is 11.2. The number of rotatable bonds is 5. The van der Waals surface area contributed by atoms with Gasteiger partial charge in [-0.05, 0) is 36.9 Å². The van der Waals surface area contributed by atoms with Crippen LogP contribution in [0.15, 0.2) is 47.1 Å². The van der Waals surface area contributed by atoms with Gasteiger partial charge in [0.2, 0.25) is 0 Å². The average molecular weight is 320 g/mol. The average Bonchev–Trinajstić information content (AvgIpc) is 2.42. The molecule has 1 N–H and O–H groups in total. The lowest BCUT2D eigenvalue weighted by Crippen LogP contribution is -2.20. The summed E-state index contributed by atoms with van der Waals surface area (Å²) in [6, 6.07) is 12.4. The van der Waals surface area contributed by atoms with Crippen LogP contribution in [-0.2, 0) is 13.1 Å². The quantitative estimate of drug-likeness (QED) is 0.917. The summed E-state index contributed by atoms with van der Waals surface area (Å²) in [7, 11) is 4.06. The molecule has 2 rings (SSSR count). The molecule has 100 valence electrons. The molecule has 1 aromatic carbocycles. The van der Waals surface area contributed by atoms with Gasteiger partial charge in [0.1, 0.15) is 0 Å². The van der Waals surface area contributed by atoms with Gasteiger partial charge in [-0.15, -0.1) is 0 Å². The summed E-state index contributed by atoms with van der Waals surface area (Å²) in [5, 5.41) is 3.20. The summed E-state index contributed by atoms with van der Waals surface area (Å²) >= 11 is 3.54. The molecule has 3 nitrogen and oxygen atoms in total. The second-order valence-corrected chi connectivity index (χ2v) is 5.40. The van der Waals surface area contributed by atoms with Crippen LogP contribution in [0, 0.1) is 0 Å². The van der Waals surface area contributed by atoms with Crippen molar-refractivity contribution in [2.45, 2.75) is 13.1 Å².